The molecule has 0 radical (unpaired) electrons. The second-order valence-corrected chi connectivity index (χ2v) is 5.83. The van der Waals surface area contributed by atoms with Crippen molar-refractivity contribution in [2.75, 3.05) is 12.4 Å². The first-order valence-electron chi connectivity index (χ1n) is 8.07. The van der Waals surface area contributed by atoms with E-state index in [1.54, 1.807) is 69.5 Å². The minimum atomic E-state index is -0.523. The average molecular weight is 355 g/mol. The maximum atomic E-state index is 12.4. The van der Waals surface area contributed by atoms with E-state index in [0.29, 0.717) is 17.0 Å². The van der Waals surface area contributed by atoms with Crippen LogP contribution in [0.25, 0.3) is 0 Å². The van der Waals surface area contributed by atoms with Crippen molar-refractivity contribution in [2.24, 2.45) is 5.92 Å². The first kappa shape index (κ1) is 19.0. The Labute approximate surface area is 151 Å². The van der Waals surface area contributed by atoms with Crippen molar-refractivity contribution in [3.8, 4) is 5.75 Å². The first-order valence-corrected chi connectivity index (χ1v) is 8.07. The summed E-state index contributed by atoms with van der Waals surface area (Å²) in [6, 6.07) is 13.1. The molecule has 0 atom stereocenters. The van der Waals surface area contributed by atoms with E-state index in [9.17, 15) is 14.4 Å². The molecule has 7 heteroatoms. The molecule has 0 saturated heterocycles. The minimum absolute atomic E-state index is 0.235. The lowest BCUT2D eigenvalue weighted by Crippen LogP contribution is -2.43. The Bertz CT molecular complexity index is 801. The summed E-state index contributed by atoms with van der Waals surface area (Å²) in [5, 5.41) is 2.70. The van der Waals surface area contributed by atoms with Crippen LogP contribution in [-0.2, 0) is 4.79 Å². The number of carbonyl (C=O) groups is 3. The van der Waals surface area contributed by atoms with E-state index in [4.69, 9.17) is 4.74 Å². The number of hydrogen-bond acceptors (Lipinski definition) is 4. The molecule has 0 bridgehead atoms. The van der Waals surface area contributed by atoms with Crippen LogP contribution in [0, 0.1) is 5.92 Å². The number of para-hydroxylation sites is 1. The highest BCUT2D eigenvalue weighted by Gasteiger charge is 2.15. The molecular formula is C19H21N3O4. The maximum absolute atomic E-state index is 12.4. The third kappa shape index (κ3) is 4.83. The van der Waals surface area contributed by atoms with Crippen LogP contribution in [0.15, 0.2) is 48.5 Å². The van der Waals surface area contributed by atoms with E-state index in [1.165, 1.54) is 0 Å². The van der Waals surface area contributed by atoms with Gasteiger partial charge in [-0.15, -0.1) is 0 Å². The van der Waals surface area contributed by atoms with Crippen LogP contribution in [0.2, 0.25) is 0 Å². The molecular weight excluding hydrogens is 334 g/mol. The maximum Gasteiger partial charge on any atom is 0.271 e. The predicted octanol–water partition coefficient (Wildman–Crippen LogP) is 2.36. The number of amides is 3. The van der Waals surface area contributed by atoms with Gasteiger partial charge in [-0.05, 0) is 36.4 Å². The van der Waals surface area contributed by atoms with Gasteiger partial charge in [0.05, 0.1) is 18.4 Å². The molecule has 0 aliphatic heterocycles. The Balaban J connectivity index is 2.11. The molecule has 0 aliphatic carbocycles. The molecule has 0 fully saturated rings. The summed E-state index contributed by atoms with van der Waals surface area (Å²) in [4.78, 5) is 36.3. The second-order valence-electron chi connectivity index (χ2n) is 5.83. The SMILES string of the molecule is COc1ccc(C(=O)Nc2ccccc2C(=O)NNC(=O)C(C)C)cc1. The largest absolute Gasteiger partial charge is 0.497 e. The van der Waals surface area contributed by atoms with E-state index < -0.39 is 5.91 Å². The summed E-state index contributed by atoms with van der Waals surface area (Å²) < 4.78 is 5.06. The van der Waals surface area contributed by atoms with Crippen molar-refractivity contribution in [1.29, 1.82) is 0 Å². The van der Waals surface area contributed by atoms with Gasteiger partial charge in [-0.25, -0.2) is 0 Å². The number of anilines is 1. The molecule has 3 amide bonds. The summed E-state index contributed by atoms with van der Waals surface area (Å²) in [5.74, 6) is -0.815. The van der Waals surface area contributed by atoms with Gasteiger partial charge >= 0.3 is 0 Å². The molecule has 2 aromatic carbocycles. The molecule has 0 unspecified atom stereocenters. The van der Waals surface area contributed by atoms with Crippen molar-refractivity contribution >= 4 is 23.4 Å². The molecule has 0 spiro atoms. The highest BCUT2D eigenvalue weighted by Crippen LogP contribution is 2.17. The van der Waals surface area contributed by atoms with Gasteiger partial charge in [-0.2, -0.15) is 0 Å². The van der Waals surface area contributed by atoms with Gasteiger partial charge in [-0.3, -0.25) is 25.2 Å². The van der Waals surface area contributed by atoms with Gasteiger partial charge in [0, 0.05) is 11.5 Å². The quantitative estimate of drug-likeness (QED) is 0.718. The standard InChI is InChI=1S/C19H21N3O4/c1-12(2)17(23)21-22-19(25)15-6-4-5-7-16(15)20-18(24)13-8-10-14(26-3)11-9-13/h4-12H,1-3H3,(H,20,24)(H,21,23)(H,22,25). The number of rotatable bonds is 5. The zero-order valence-corrected chi connectivity index (χ0v) is 14.8. The minimum Gasteiger partial charge on any atom is -0.497 e. The zero-order chi connectivity index (χ0) is 19.1. The van der Waals surface area contributed by atoms with E-state index in [0.717, 1.165) is 0 Å². The van der Waals surface area contributed by atoms with Crippen LogP contribution in [0.4, 0.5) is 5.69 Å². The Morgan fingerprint density at radius 2 is 1.54 bits per heavy atom. The number of methoxy groups -OCH3 is 1. The molecule has 136 valence electrons. The molecule has 7 nitrogen and oxygen atoms in total. The number of hydrogen-bond donors (Lipinski definition) is 3. The Hall–Kier alpha value is -3.35. The molecule has 0 heterocycles. The van der Waals surface area contributed by atoms with Crippen LogP contribution < -0.4 is 20.9 Å². The van der Waals surface area contributed by atoms with Gasteiger partial charge in [-0.1, -0.05) is 26.0 Å². The summed E-state index contributed by atoms with van der Waals surface area (Å²) in [6.07, 6.45) is 0. The van der Waals surface area contributed by atoms with E-state index in [-0.39, 0.29) is 23.3 Å². The summed E-state index contributed by atoms with van der Waals surface area (Å²) in [6.45, 7) is 3.43. The van der Waals surface area contributed by atoms with Crippen LogP contribution in [-0.4, -0.2) is 24.8 Å². The van der Waals surface area contributed by atoms with Gasteiger partial charge in [0.1, 0.15) is 5.75 Å². The normalized spacial score (nSPS) is 10.2. The predicted molar refractivity (Wildman–Crippen MR) is 97.8 cm³/mol. The number of ether oxygens (including phenoxy) is 1. The average Bonchev–Trinajstić information content (AvgIpc) is 2.66. The third-order valence-corrected chi connectivity index (χ3v) is 3.60. The molecule has 0 aliphatic rings. The van der Waals surface area contributed by atoms with E-state index in [2.05, 4.69) is 16.2 Å². The van der Waals surface area contributed by atoms with Crippen LogP contribution in [0.5, 0.6) is 5.75 Å². The van der Waals surface area contributed by atoms with Crippen molar-refractivity contribution in [3.05, 3.63) is 59.7 Å². The molecule has 26 heavy (non-hydrogen) atoms. The van der Waals surface area contributed by atoms with Crippen molar-refractivity contribution in [1.82, 2.24) is 10.9 Å². The van der Waals surface area contributed by atoms with Crippen LogP contribution >= 0.6 is 0 Å². The molecule has 0 aromatic heterocycles. The molecule has 3 N–H and O–H groups in total. The lowest BCUT2D eigenvalue weighted by molar-refractivity contribution is -0.124. The fourth-order valence-electron chi connectivity index (χ4n) is 2.06. The number of nitrogens with one attached hydrogen (secondary N) is 3. The zero-order valence-electron chi connectivity index (χ0n) is 14.8. The number of benzene rings is 2. The van der Waals surface area contributed by atoms with Crippen LogP contribution in [0.3, 0.4) is 0 Å². The van der Waals surface area contributed by atoms with E-state index >= 15 is 0 Å². The lowest BCUT2D eigenvalue weighted by Gasteiger charge is -2.13. The Kier molecular flexibility index (Phi) is 6.32. The van der Waals surface area contributed by atoms with Crippen LogP contribution in [0.1, 0.15) is 34.6 Å². The highest BCUT2D eigenvalue weighted by atomic mass is 16.5. The Morgan fingerprint density at radius 3 is 2.15 bits per heavy atom. The topological polar surface area (TPSA) is 96.5 Å². The second kappa shape index (κ2) is 8.66. The summed E-state index contributed by atoms with van der Waals surface area (Å²) in [5.41, 5.74) is 5.68. The monoisotopic (exact) mass is 355 g/mol. The summed E-state index contributed by atoms with van der Waals surface area (Å²) in [7, 11) is 1.54. The summed E-state index contributed by atoms with van der Waals surface area (Å²) >= 11 is 0. The van der Waals surface area contributed by atoms with Gasteiger partial charge < -0.3 is 10.1 Å². The van der Waals surface area contributed by atoms with Crippen molar-refractivity contribution in [2.45, 2.75) is 13.8 Å². The van der Waals surface area contributed by atoms with Gasteiger partial charge in [0.2, 0.25) is 5.91 Å². The van der Waals surface area contributed by atoms with Crippen molar-refractivity contribution < 1.29 is 19.1 Å². The highest BCUT2D eigenvalue weighted by molar-refractivity contribution is 6.09. The molecule has 2 rings (SSSR count). The number of carbonyl (C=O) groups excluding carboxylic acids is 3. The smallest absolute Gasteiger partial charge is 0.271 e. The fraction of sp³-hybridized carbons (Fsp3) is 0.211. The fourth-order valence-corrected chi connectivity index (χ4v) is 2.06. The third-order valence-electron chi connectivity index (χ3n) is 3.60. The Morgan fingerprint density at radius 1 is 0.885 bits per heavy atom. The van der Waals surface area contributed by atoms with Gasteiger partial charge in [0.15, 0.2) is 0 Å². The first-order chi connectivity index (χ1) is 12.4. The molecule has 0 saturated carbocycles. The van der Waals surface area contributed by atoms with E-state index in [1.807, 2.05) is 0 Å². The molecule has 2 aromatic rings. The lowest BCUT2D eigenvalue weighted by atomic mass is 10.1. The van der Waals surface area contributed by atoms with Gasteiger partial charge in [0.25, 0.3) is 11.8 Å². The van der Waals surface area contributed by atoms with Crippen molar-refractivity contribution in [3.63, 3.8) is 0 Å². The number of hydrazine groups is 1.